The first-order chi connectivity index (χ1) is 15.2. The summed E-state index contributed by atoms with van der Waals surface area (Å²) in [5.41, 5.74) is 6.39. The van der Waals surface area contributed by atoms with Crippen molar-refractivity contribution >= 4 is 51.7 Å². The van der Waals surface area contributed by atoms with Gasteiger partial charge in [0.05, 0.1) is 31.8 Å². The fourth-order valence-electron chi connectivity index (χ4n) is 4.41. The number of nitrogens with one attached hydrogen (secondary N) is 1. The van der Waals surface area contributed by atoms with Gasteiger partial charge in [-0.3, -0.25) is 14.5 Å². The number of hydrogen-bond donors (Lipinski definition) is 2. The molecule has 0 radical (unpaired) electrons. The lowest BCUT2D eigenvalue weighted by molar-refractivity contribution is -0.893. The minimum atomic E-state index is -1.37. The lowest BCUT2D eigenvalue weighted by Gasteiger charge is -2.51. The molecular formula is C19H26N6O6S2. The smallest absolute Gasteiger partial charge is 0.276 e. The lowest BCUT2D eigenvalue weighted by Crippen LogP contribution is -2.71. The highest BCUT2D eigenvalue weighted by Crippen LogP contribution is 2.41. The van der Waals surface area contributed by atoms with Crippen molar-refractivity contribution in [2.24, 2.45) is 5.16 Å². The summed E-state index contributed by atoms with van der Waals surface area (Å²) in [6.07, 6.45) is 2.21. The second-order valence-corrected chi connectivity index (χ2v) is 10.2. The standard InChI is InChI=1S/C19H24N6O5S2.H2O/c1-25(5-3-4-6-25)7-10-8-31-17-13(16(27)24(17)14(10)18(28)29)22-15(26)12(23-30-2)11-9-32-19(20)21-11;/h9,13,17H,3-8H2,1-2H3,(H3-,20,21,22,26,28,29);1H2/b23-12+;. The van der Waals surface area contributed by atoms with Crippen LogP contribution in [0.4, 0.5) is 5.13 Å². The molecular weight excluding hydrogens is 472 g/mol. The molecule has 0 bridgehead atoms. The number of nitrogens with zero attached hydrogens (tertiary/aromatic N) is 4. The molecule has 2 unspecified atom stereocenters. The average molecular weight is 499 g/mol. The SMILES string of the molecule is CO/N=C(/C(=O)NC1C(=O)N2C(C(=O)[O-])=C(C[N+]3(C)CCCC3)CSC12)c1csc(N)n1.O. The number of nitrogen functional groups attached to an aromatic ring is 1. The molecule has 1 aromatic rings. The highest BCUT2D eigenvalue weighted by molar-refractivity contribution is 8.00. The summed E-state index contributed by atoms with van der Waals surface area (Å²) >= 11 is 2.57. The van der Waals surface area contributed by atoms with Gasteiger partial charge in [-0.25, -0.2) is 4.98 Å². The predicted octanol–water partition coefficient (Wildman–Crippen LogP) is -2.10. The maximum absolute atomic E-state index is 12.9. The van der Waals surface area contributed by atoms with Gasteiger partial charge in [-0.2, -0.15) is 0 Å². The highest BCUT2D eigenvalue weighted by atomic mass is 32.2. The van der Waals surface area contributed by atoms with E-state index in [1.807, 2.05) is 0 Å². The van der Waals surface area contributed by atoms with Crippen LogP contribution in [-0.2, 0) is 19.2 Å². The summed E-state index contributed by atoms with van der Waals surface area (Å²) in [5, 5.41) is 19.6. The maximum Gasteiger partial charge on any atom is 0.276 e. The number of carboxylic acid groups (broad SMARTS) is 1. The third-order valence-corrected chi connectivity index (χ3v) is 7.92. The number of carboxylic acids is 1. The molecule has 5 N–H and O–H groups in total. The molecule has 0 spiro atoms. The lowest BCUT2D eigenvalue weighted by atomic mass is 10.0. The van der Waals surface area contributed by atoms with Crippen LogP contribution in [-0.4, -0.2) is 94.3 Å². The number of amides is 2. The fraction of sp³-hybridized carbons (Fsp3) is 0.526. The van der Waals surface area contributed by atoms with Gasteiger partial charge in [0.1, 0.15) is 30.8 Å². The first-order valence-corrected chi connectivity index (χ1v) is 12.0. The predicted molar refractivity (Wildman–Crippen MR) is 121 cm³/mol. The number of likely N-dealkylation sites (N-methyl/N-ethyl adjacent to an activating group) is 1. The Labute approximate surface area is 198 Å². The van der Waals surface area contributed by atoms with E-state index in [-0.39, 0.29) is 27.7 Å². The van der Waals surface area contributed by atoms with Crippen LogP contribution >= 0.6 is 23.1 Å². The molecule has 180 valence electrons. The average Bonchev–Trinajstić information content (AvgIpc) is 3.37. The molecule has 1 aromatic heterocycles. The molecule has 4 heterocycles. The van der Waals surface area contributed by atoms with E-state index in [0.29, 0.717) is 17.9 Å². The van der Waals surface area contributed by atoms with Gasteiger partial charge in [0.25, 0.3) is 11.8 Å². The van der Waals surface area contributed by atoms with Crippen LogP contribution in [0.2, 0.25) is 0 Å². The van der Waals surface area contributed by atoms with Gasteiger partial charge in [-0.1, -0.05) is 5.16 Å². The summed E-state index contributed by atoms with van der Waals surface area (Å²) in [7, 11) is 3.39. The van der Waals surface area contributed by atoms with Crippen molar-refractivity contribution < 1.29 is 34.3 Å². The number of hydrogen-bond acceptors (Lipinski definition) is 10. The normalized spacial score (nSPS) is 24.0. The Balaban J connectivity index is 0.00000306. The van der Waals surface area contributed by atoms with E-state index in [0.717, 1.165) is 41.8 Å². The van der Waals surface area contributed by atoms with Gasteiger partial charge in [-0.05, 0) is 0 Å². The van der Waals surface area contributed by atoms with E-state index < -0.39 is 29.2 Å². The number of carbonyl (C=O) groups is 3. The molecule has 2 saturated heterocycles. The van der Waals surface area contributed by atoms with E-state index in [1.165, 1.54) is 23.8 Å². The Hall–Kier alpha value is -2.68. The number of thioether (sulfide) groups is 1. The zero-order chi connectivity index (χ0) is 23.0. The number of carbonyl (C=O) groups excluding carboxylic acids is 3. The number of rotatable bonds is 7. The quantitative estimate of drug-likeness (QED) is 0.185. The van der Waals surface area contributed by atoms with E-state index >= 15 is 0 Å². The van der Waals surface area contributed by atoms with Crippen LogP contribution in [0.15, 0.2) is 21.8 Å². The first-order valence-electron chi connectivity index (χ1n) is 10.1. The number of fused-ring (bicyclic) bond motifs is 1. The van der Waals surface area contributed by atoms with E-state index in [9.17, 15) is 19.5 Å². The molecule has 0 aliphatic carbocycles. The number of nitrogens with two attached hydrogens (primary N) is 1. The van der Waals surface area contributed by atoms with Crippen LogP contribution in [0.3, 0.4) is 0 Å². The molecule has 2 amide bonds. The summed E-state index contributed by atoms with van der Waals surface area (Å²) in [5.74, 6) is -2.06. The number of quaternary nitrogens is 1. The number of likely N-dealkylation sites (tertiary alicyclic amines) is 1. The van der Waals surface area contributed by atoms with Crippen LogP contribution in [0.25, 0.3) is 0 Å². The van der Waals surface area contributed by atoms with Crippen LogP contribution in [0.1, 0.15) is 18.5 Å². The Bertz CT molecular complexity index is 1020. The molecule has 0 saturated carbocycles. The van der Waals surface area contributed by atoms with Crippen LogP contribution < -0.4 is 16.2 Å². The second kappa shape index (κ2) is 9.67. The van der Waals surface area contributed by atoms with Crippen LogP contribution in [0, 0.1) is 0 Å². The van der Waals surface area contributed by atoms with Gasteiger partial charge >= 0.3 is 0 Å². The Morgan fingerprint density at radius 1 is 1.42 bits per heavy atom. The van der Waals surface area contributed by atoms with E-state index in [1.54, 1.807) is 5.38 Å². The molecule has 3 aliphatic rings. The minimum Gasteiger partial charge on any atom is -0.543 e. The first kappa shape index (κ1) is 25.0. The largest absolute Gasteiger partial charge is 0.543 e. The highest BCUT2D eigenvalue weighted by Gasteiger charge is 2.53. The van der Waals surface area contributed by atoms with Gasteiger partial charge in [0.15, 0.2) is 10.8 Å². The Morgan fingerprint density at radius 3 is 2.70 bits per heavy atom. The van der Waals surface area contributed by atoms with Gasteiger partial charge in [-0.15, -0.1) is 23.1 Å². The Morgan fingerprint density at radius 2 is 2.12 bits per heavy atom. The van der Waals surface area contributed by atoms with Gasteiger partial charge in [0, 0.05) is 29.5 Å². The van der Waals surface area contributed by atoms with Gasteiger partial charge in [0.2, 0.25) is 0 Å². The van der Waals surface area contributed by atoms with Crippen molar-refractivity contribution in [1.82, 2.24) is 15.2 Å². The third kappa shape index (κ3) is 4.69. The van der Waals surface area contributed by atoms with Crippen molar-refractivity contribution in [2.45, 2.75) is 24.3 Å². The number of aromatic nitrogens is 1. The van der Waals surface area contributed by atoms with Crippen molar-refractivity contribution in [1.29, 1.82) is 0 Å². The Kier molecular flexibility index (Phi) is 7.31. The van der Waals surface area contributed by atoms with Crippen molar-refractivity contribution in [2.75, 3.05) is 45.3 Å². The molecule has 3 aliphatic heterocycles. The topological polar surface area (TPSA) is 182 Å². The molecule has 33 heavy (non-hydrogen) atoms. The fourth-order valence-corrected chi connectivity index (χ4v) is 6.30. The zero-order valence-electron chi connectivity index (χ0n) is 18.2. The number of thiazole rings is 1. The third-order valence-electron chi connectivity index (χ3n) is 5.91. The summed E-state index contributed by atoms with van der Waals surface area (Å²) < 4.78 is 0.757. The summed E-state index contributed by atoms with van der Waals surface area (Å²) in [4.78, 5) is 47.7. The summed E-state index contributed by atoms with van der Waals surface area (Å²) in [6.45, 7) is 2.53. The van der Waals surface area contributed by atoms with Crippen LogP contribution in [0.5, 0.6) is 0 Å². The number of β-lactam (4-membered cyclic amide) rings is 1. The van der Waals surface area contributed by atoms with E-state index in [2.05, 4.69) is 22.5 Å². The van der Waals surface area contributed by atoms with E-state index in [4.69, 9.17) is 10.6 Å². The minimum absolute atomic E-state index is 0. The molecule has 4 rings (SSSR count). The van der Waals surface area contributed by atoms with Crippen molar-refractivity contribution in [3.8, 4) is 0 Å². The molecule has 14 heteroatoms. The monoisotopic (exact) mass is 498 g/mol. The zero-order valence-corrected chi connectivity index (χ0v) is 19.8. The number of anilines is 1. The second-order valence-electron chi connectivity index (χ2n) is 8.23. The molecule has 12 nitrogen and oxygen atoms in total. The number of oxime groups is 1. The van der Waals surface area contributed by atoms with Crippen molar-refractivity contribution in [3.05, 3.63) is 22.3 Å². The van der Waals surface area contributed by atoms with Crippen molar-refractivity contribution in [3.63, 3.8) is 0 Å². The molecule has 0 aromatic carbocycles. The van der Waals surface area contributed by atoms with Gasteiger partial charge < -0.3 is 35.7 Å². The number of aliphatic carboxylic acids is 1. The molecule has 2 atom stereocenters. The summed E-state index contributed by atoms with van der Waals surface area (Å²) in [6, 6.07) is -0.891. The molecule has 2 fully saturated rings. The maximum atomic E-state index is 12.9.